The Morgan fingerprint density at radius 3 is 2.41 bits per heavy atom. The van der Waals surface area contributed by atoms with Crippen LogP contribution >= 0.6 is 11.6 Å². The molecule has 0 aliphatic carbocycles. The van der Waals surface area contributed by atoms with Crippen LogP contribution in [0.4, 0.5) is 0 Å². The van der Waals surface area contributed by atoms with Crippen molar-refractivity contribution >= 4 is 23.5 Å². The molecule has 0 radical (unpaired) electrons. The van der Waals surface area contributed by atoms with E-state index in [0.29, 0.717) is 5.02 Å². The van der Waals surface area contributed by atoms with Crippen LogP contribution in [-0.2, 0) is 14.3 Å². The van der Waals surface area contributed by atoms with Crippen molar-refractivity contribution in [2.75, 3.05) is 7.11 Å². The second-order valence-corrected chi connectivity index (χ2v) is 4.02. The molecule has 92 valence electrons. The van der Waals surface area contributed by atoms with Gasteiger partial charge in [-0.25, -0.2) is 0 Å². The number of halogens is 1. The molecule has 1 aromatic rings. The summed E-state index contributed by atoms with van der Waals surface area (Å²) in [6.07, 6.45) is 0.0950. The minimum atomic E-state index is -0.391. The highest BCUT2D eigenvalue weighted by molar-refractivity contribution is 6.30. The lowest BCUT2D eigenvalue weighted by Gasteiger charge is -2.17. The monoisotopic (exact) mass is 255 g/mol. The summed E-state index contributed by atoms with van der Waals surface area (Å²) >= 11 is 5.78. The zero-order valence-electron chi connectivity index (χ0n) is 9.70. The van der Waals surface area contributed by atoms with E-state index in [1.165, 1.54) is 14.0 Å². The molecule has 1 atom stereocenters. The first kappa shape index (κ1) is 13.5. The van der Waals surface area contributed by atoms with E-state index >= 15 is 0 Å². The van der Waals surface area contributed by atoms with Gasteiger partial charge in [-0.2, -0.15) is 0 Å². The lowest BCUT2D eigenvalue weighted by Crippen LogP contribution is -2.28. The molecule has 4 nitrogen and oxygen atoms in total. The zero-order chi connectivity index (χ0) is 12.8. The Morgan fingerprint density at radius 2 is 1.94 bits per heavy atom. The van der Waals surface area contributed by atoms with Gasteiger partial charge in [-0.05, 0) is 17.7 Å². The number of methoxy groups -OCH3 is 1. The summed E-state index contributed by atoms with van der Waals surface area (Å²) in [7, 11) is 1.31. The van der Waals surface area contributed by atoms with Gasteiger partial charge in [0.05, 0.1) is 19.6 Å². The molecule has 1 rings (SSSR count). The zero-order valence-corrected chi connectivity index (χ0v) is 10.5. The third kappa shape index (κ3) is 4.44. The van der Waals surface area contributed by atoms with Gasteiger partial charge >= 0.3 is 5.97 Å². The van der Waals surface area contributed by atoms with Crippen LogP contribution in [0.2, 0.25) is 5.02 Å². The molecule has 0 heterocycles. The maximum absolute atomic E-state index is 11.2. The minimum absolute atomic E-state index is 0.0950. The largest absolute Gasteiger partial charge is 0.469 e. The summed E-state index contributed by atoms with van der Waals surface area (Å²) in [4.78, 5) is 22.3. The molecule has 0 saturated carbocycles. The normalized spacial score (nSPS) is 11.7. The molecule has 1 N–H and O–H groups in total. The first-order chi connectivity index (χ1) is 8.02. The van der Waals surface area contributed by atoms with Crippen LogP contribution in [0.25, 0.3) is 0 Å². The predicted octanol–water partition coefficient (Wildman–Crippen LogP) is 2.08. The van der Waals surface area contributed by atoms with Gasteiger partial charge in [0.15, 0.2) is 0 Å². The van der Waals surface area contributed by atoms with Crippen molar-refractivity contribution in [3.63, 3.8) is 0 Å². The molecule has 0 spiro atoms. The van der Waals surface area contributed by atoms with Gasteiger partial charge in [-0.1, -0.05) is 23.7 Å². The first-order valence-corrected chi connectivity index (χ1v) is 5.50. The van der Waals surface area contributed by atoms with Crippen molar-refractivity contribution in [3.8, 4) is 0 Å². The van der Waals surface area contributed by atoms with Crippen molar-refractivity contribution in [2.24, 2.45) is 0 Å². The van der Waals surface area contributed by atoms with Gasteiger partial charge in [0, 0.05) is 11.9 Å². The van der Waals surface area contributed by atoms with Crippen molar-refractivity contribution in [3.05, 3.63) is 34.9 Å². The van der Waals surface area contributed by atoms with Gasteiger partial charge in [0.1, 0.15) is 0 Å². The number of benzene rings is 1. The molecule has 0 saturated heterocycles. The summed E-state index contributed by atoms with van der Waals surface area (Å²) in [5.41, 5.74) is 0.815. The molecule has 5 heteroatoms. The number of carbonyl (C=O) groups excluding carboxylic acids is 2. The number of nitrogens with one attached hydrogen (secondary N) is 1. The van der Waals surface area contributed by atoms with Crippen LogP contribution in [0.5, 0.6) is 0 Å². The molecule has 1 aromatic carbocycles. The number of carbonyl (C=O) groups is 2. The Morgan fingerprint density at radius 1 is 1.35 bits per heavy atom. The van der Waals surface area contributed by atoms with Crippen LogP contribution in [0.15, 0.2) is 24.3 Å². The number of esters is 1. The number of rotatable bonds is 4. The lowest BCUT2D eigenvalue weighted by atomic mass is 10.0. The molecule has 0 aliphatic heterocycles. The fourth-order valence-corrected chi connectivity index (χ4v) is 1.57. The summed E-state index contributed by atoms with van der Waals surface area (Å²) in [6, 6.07) is 6.57. The Bertz CT molecular complexity index is 403. The molecule has 0 bridgehead atoms. The van der Waals surface area contributed by atoms with Crippen molar-refractivity contribution < 1.29 is 14.3 Å². The highest BCUT2D eigenvalue weighted by Crippen LogP contribution is 2.19. The minimum Gasteiger partial charge on any atom is -0.469 e. The highest BCUT2D eigenvalue weighted by atomic mass is 35.5. The average molecular weight is 256 g/mol. The fraction of sp³-hybridized carbons (Fsp3) is 0.333. The van der Waals surface area contributed by atoms with E-state index in [1.807, 2.05) is 0 Å². The van der Waals surface area contributed by atoms with Gasteiger partial charge < -0.3 is 10.1 Å². The van der Waals surface area contributed by atoms with Crippen LogP contribution in [0, 0.1) is 0 Å². The molecular weight excluding hydrogens is 242 g/mol. The maximum Gasteiger partial charge on any atom is 0.307 e. The maximum atomic E-state index is 11.2. The standard InChI is InChI=1S/C12H14ClNO3/c1-8(15)14-11(7-12(16)17-2)9-3-5-10(13)6-4-9/h3-6,11H,7H2,1-2H3,(H,14,15)/t11-/m1/s1. The number of amides is 1. The molecule has 1 amide bonds. The Balaban J connectivity index is 2.85. The molecule has 17 heavy (non-hydrogen) atoms. The van der Waals surface area contributed by atoms with E-state index in [4.69, 9.17) is 11.6 Å². The third-order valence-corrected chi connectivity index (χ3v) is 2.50. The second kappa shape index (κ2) is 6.25. The summed E-state index contributed by atoms with van der Waals surface area (Å²) < 4.78 is 4.59. The molecule has 0 aromatic heterocycles. The summed E-state index contributed by atoms with van der Waals surface area (Å²) in [6.45, 7) is 1.40. The predicted molar refractivity (Wildman–Crippen MR) is 64.6 cm³/mol. The molecular formula is C12H14ClNO3. The third-order valence-electron chi connectivity index (χ3n) is 2.25. The van der Waals surface area contributed by atoms with Gasteiger partial charge in [-0.15, -0.1) is 0 Å². The topological polar surface area (TPSA) is 55.4 Å². The van der Waals surface area contributed by atoms with Crippen LogP contribution in [0.3, 0.4) is 0 Å². The molecule has 0 aliphatic rings. The Labute approximate surface area is 105 Å². The van der Waals surface area contributed by atoms with Crippen LogP contribution < -0.4 is 5.32 Å². The van der Waals surface area contributed by atoms with Gasteiger partial charge in [0.2, 0.25) is 5.91 Å². The van der Waals surface area contributed by atoms with E-state index in [9.17, 15) is 9.59 Å². The number of hydrogen-bond acceptors (Lipinski definition) is 3. The van der Waals surface area contributed by atoms with E-state index in [1.54, 1.807) is 24.3 Å². The van der Waals surface area contributed by atoms with Crippen LogP contribution in [-0.4, -0.2) is 19.0 Å². The lowest BCUT2D eigenvalue weighted by molar-refractivity contribution is -0.141. The SMILES string of the molecule is COC(=O)C[C@@H](NC(C)=O)c1ccc(Cl)cc1. The average Bonchev–Trinajstić information content (AvgIpc) is 2.28. The van der Waals surface area contributed by atoms with Crippen molar-refractivity contribution in [2.45, 2.75) is 19.4 Å². The van der Waals surface area contributed by atoms with Crippen molar-refractivity contribution in [1.29, 1.82) is 0 Å². The Kier molecular flexibility index (Phi) is 4.97. The van der Waals surface area contributed by atoms with E-state index in [0.717, 1.165) is 5.56 Å². The van der Waals surface area contributed by atoms with E-state index < -0.39 is 6.04 Å². The van der Waals surface area contributed by atoms with Crippen LogP contribution in [0.1, 0.15) is 24.9 Å². The van der Waals surface area contributed by atoms with Crippen molar-refractivity contribution in [1.82, 2.24) is 5.32 Å². The summed E-state index contributed by atoms with van der Waals surface area (Å²) in [5, 5.41) is 3.30. The quantitative estimate of drug-likeness (QED) is 0.838. The Hall–Kier alpha value is -1.55. The molecule has 0 fully saturated rings. The summed E-state index contributed by atoms with van der Waals surface area (Å²) in [5.74, 6) is -0.576. The van der Waals surface area contributed by atoms with Gasteiger partial charge in [-0.3, -0.25) is 9.59 Å². The first-order valence-electron chi connectivity index (χ1n) is 5.12. The van der Waals surface area contributed by atoms with E-state index in [2.05, 4.69) is 10.1 Å². The van der Waals surface area contributed by atoms with Gasteiger partial charge in [0.25, 0.3) is 0 Å². The number of hydrogen-bond donors (Lipinski definition) is 1. The molecule has 0 unspecified atom stereocenters. The second-order valence-electron chi connectivity index (χ2n) is 3.58. The smallest absolute Gasteiger partial charge is 0.307 e. The fourth-order valence-electron chi connectivity index (χ4n) is 1.44. The highest BCUT2D eigenvalue weighted by Gasteiger charge is 2.17. The number of ether oxygens (including phenoxy) is 1. The van der Waals surface area contributed by atoms with E-state index in [-0.39, 0.29) is 18.3 Å².